The summed E-state index contributed by atoms with van der Waals surface area (Å²) in [5.74, 6) is 0.265. The Labute approximate surface area is 76.3 Å². The minimum atomic E-state index is 0.0241. The van der Waals surface area contributed by atoms with Crippen molar-refractivity contribution >= 4 is 11.3 Å². The van der Waals surface area contributed by atoms with Gasteiger partial charge in [0.2, 0.25) is 0 Å². The Bertz CT molecular complexity index is 247. The van der Waals surface area contributed by atoms with E-state index in [-0.39, 0.29) is 18.6 Å². The lowest BCUT2D eigenvalue weighted by atomic mass is 10.0. The largest absolute Gasteiger partial charge is 0.389 e. The van der Waals surface area contributed by atoms with Gasteiger partial charge in [0.25, 0.3) is 0 Å². The highest BCUT2D eigenvalue weighted by atomic mass is 32.1. The van der Waals surface area contributed by atoms with Gasteiger partial charge in [0.1, 0.15) is 5.01 Å². The maximum atomic E-state index is 8.79. The summed E-state index contributed by atoms with van der Waals surface area (Å²) in [6.45, 7) is 4.03. The van der Waals surface area contributed by atoms with E-state index in [0.29, 0.717) is 0 Å². The van der Waals surface area contributed by atoms with E-state index >= 15 is 0 Å². The van der Waals surface area contributed by atoms with Gasteiger partial charge in [-0.1, -0.05) is 6.92 Å². The number of aliphatic hydroxyl groups is 1. The summed E-state index contributed by atoms with van der Waals surface area (Å²) >= 11 is 1.48. The number of thiazole rings is 1. The summed E-state index contributed by atoms with van der Waals surface area (Å²) in [5, 5.41) is 11.5. The molecule has 1 aromatic heterocycles. The van der Waals surface area contributed by atoms with Crippen LogP contribution in [0.3, 0.4) is 0 Å². The molecule has 2 atom stereocenters. The van der Waals surface area contributed by atoms with Crippen LogP contribution in [0, 0.1) is 0 Å². The van der Waals surface area contributed by atoms with E-state index in [9.17, 15) is 0 Å². The van der Waals surface area contributed by atoms with Gasteiger partial charge in [0, 0.05) is 17.3 Å². The lowest BCUT2D eigenvalue weighted by Gasteiger charge is -2.11. The quantitative estimate of drug-likeness (QED) is 0.742. The molecule has 0 spiro atoms. The van der Waals surface area contributed by atoms with Crippen LogP contribution in [0.25, 0.3) is 0 Å². The van der Waals surface area contributed by atoms with Crippen molar-refractivity contribution in [3.63, 3.8) is 0 Å². The van der Waals surface area contributed by atoms with E-state index in [0.717, 1.165) is 10.7 Å². The highest BCUT2D eigenvalue weighted by Crippen LogP contribution is 2.20. The van der Waals surface area contributed by atoms with E-state index in [1.54, 1.807) is 0 Å². The van der Waals surface area contributed by atoms with Gasteiger partial charge in [-0.25, -0.2) is 4.98 Å². The third kappa shape index (κ3) is 2.03. The van der Waals surface area contributed by atoms with E-state index in [1.165, 1.54) is 11.3 Å². The molecular formula is C8H14N2OS. The monoisotopic (exact) mass is 186 g/mol. The number of rotatable bonds is 3. The summed E-state index contributed by atoms with van der Waals surface area (Å²) in [6, 6.07) is 0.110. The average Bonchev–Trinajstić information content (AvgIpc) is 2.50. The first-order valence-electron chi connectivity index (χ1n) is 3.96. The molecule has 12 heavy (non-hydrogen) atoms. The molecule has 0 aliphatic heterocycles. The van der Waals surface area contributed by atoms with Crippen molar-refractivity contribution in [1.82, 2.24) is 4.98 Å². The maximum absolute atomic E-state index is 8.79. The molecule has 0 radical (unpaired) electrons. The van der Waals surface area contributed by atoms with Crippen LogP contribution in [0.15, 0.2) is 5.38 Å². The minimum absolute atomic E-state index is 0.0241. The van der Waals surface area contributed by atoms with Crippen molar-refractivity contribution in [1.29, 1.82) is 0 Å². The molecule has 68 valence electrons. The molecule has 2 unspecified atom stereocenters. The molecule has 0 amide bonds. The predicted octanol–water partition coefficient (Wildman–Crippen LogP) is 1.09. The Morgan fingerprint density at radius 1 is 1.67 bits per heavy atom. The minimum Gasteiger partial charge on any atom is -0.389 e. The highest BCUT2D eigenvalue weighted by Gasteiger charge is 2.13. The van der Waals surface area contributed by atoms with Crippen molar-refractivity contribution in [2.24, 2.45) is 5.73 Å². The Balaban J connectivity index is 2.74. The van der Waals surface area contributed by atoms with Gasteiger partial charge >= 0.3 is 0 Å². The number of aliphatic hydroxyl groups excluding tert-OH is 1. The number of aromatic nitrogens is 1. The van der Waals surface area contributed by atoms with Crippen molar-refractivity contribution in [3.8, 4) is 0 Å². The molecule has 4 heteroatoms. The first kappa shape index (κ1) is 9.64. The van der Waals surface area contributed by atoms with Crippen LogP contribution in [0.5, 0.6) is 0 Å². The second-order valence-corrected chi connectivity index (χ2v) is 3.91. The molecule has 0 saturated carbocycles. The summed E-state index contributed by atoms with van der Waals surface area (Å²) in [7, 11) is 0. The first-order chi connectivity index (χ1) is 5.65. The first-order valence-corrected chi connectivity index (χ1v) is 4.84. The van der Waals surface area contributed by atoms with Gasteiger partial charge in [-0.3, -0.25) is 0 Å². The fourth-order valence-corrected chi connectivity index (χ4v) is 1.63. The van der Waals surface area contributed by atoms with Gasteiger partial charge in [0.05, 0.1) is 12.3 Å². The molecular weight excluding hydrogens is 172 g/mol. The zero-order valence-electron chi connectivity index (χ0n) is 7.32. The molecule has 1 rings (SSSR count). The van der Waals surface area contributed by atoms with Crippen molar-refractivity contribution in [2.45, 2.75) is 32.4 Å². The fourth-order valence-electron chi connectivity index (χ4n) is 0.876. The molecule has 0 aliphatic carbocycles. The summed E-state index contributed by atoms with van der Waals surface area (Å²) in [5.41, 5.74) is 6.71. The summed E-state index contributed by atoms with van der Waals surface area (Å²) in [6.07, 6.45) is 0. The van der Waals surface area contributed by atoms with E-state index in [4.69, 9.17) is 10.8 Å². The second-order valence-electron chi connectivity index (χ2n) is 2.97. The van der Waals surface area contributed by atoms with Crippen molar-refractivity contribution < 1.29 is 5.11 Å². The molecule has 0 bridgehead atoms. The van der Waals surface area contributed by atoms with E-state index in [1.807, 2.05) is 19.2 Å². The zero-order valence-corrected chi connectivity index (χ0v) is 8.14. The average molecular weight is 186 g/mol. The van der Waals surface area contributed by atoms with E-state index in [2.05, 4.69) is 4.98 Å². The second kappa shape index (κ2) is 3.98. The van der Waals surface area contributed by atoms with Crippen LogP contribution < -0.4 is 5.73 Å². The number of nitrogens with two attached hydrogens (primary N) is 1. The normalized spacial score (nSPS) is 16.0. The number of nitrogens with zero attached hydrogens (tertiary/aromatic N) is 1. The highest BCUT2D eigenvalue weighted by molar-refractivity contribution is 7.09. The third-order valence-electron chi connectivity index (χ3n) is 1.96. The Hall–Kier alpha value is -0.450. The van der Waals surface area contributed by atoms with Crippen LogP contribution >= 0.6 is 11.3 Å². The molecule has 0 saturated heterocycles. The summed E-state index contributed by atoms with van der Waals surface area (Å²) < 4.78 is 0. The molecule has 1 aromatic rings. The van der Waals surface area contributed by atoms with Gasteiger partial charge < -0.3 is 10.8 Å². The fraction of sp³-hybridized carbons (Fsp3) is 0.625. The van der Waals surface area contributed by atoms with Crippen LogP contribution in [-0.2, 0) is 6.61 Å². The Kier molecular flexibility index (Phi) is 3.20. The van der Waals surface area contributed by atoms with Gasteiger partial charge in [-0.05, 0) is 6.92 Å². The van der Waals surface area contributed by atoms with Crippen molar-refractivity contribution in [2.75, 3.05) is 0 Å². The Morgan fingerprint density at radius 3 is 2.75 bits per heavy atom. The molecule has 3 N–H and O–H groups in total. The van der Waals surface area contributed by atoms with Crippen LogP contribution in [0.4, 0.5) is 0 Å². The lowest BCUT2D eigenvalue weighted by Crippen LogP contribution is -2.22. The molecule has 0 aliphatic rings. The van der Waals surface area contributed by atoms with Crippen LogP contribution in [-0.4, -0.2) is 16.1 Å². The lowest BCUT2D eigenvalue weighted by molar-refractivity contribution is 0.281. The maximum Gasteiger partial charge on any atom is 0.118 e. The van der Waals surface area contributed by atoms with Gasteiger partial charge in [-0.15, -0.1) is 11.3 Å². The topological polar surface area (TPSA) is 59.1 Å². The summed E-state index contributed by atoms with van der Waals surface area (Å²) in [4.78, 5) is 4.24. The smallest absolute Gasteiger partial charge is 0.118 e. The SMILES string of the molecule is CC(N)C(C)c1csc(CO)n1. The standard InChI is InChI=1S/C8H14N2OS/c1-5(6(2)9)7-4-12-8(3-11)10-7/h4-6,11H,3,9H2,1-2H3. The molecule has 0 fully saturated rings. The van der Waals surface area contributed by atoms with E-state index < -0.39 is 0 Å². The van der Waals surface area contributed by atoms with Crippen LogP contribution in [0.2, 0.25) is 0 Å². The van der Waals surface area contributed by atoms with Gasteiger partial charge in [0.15, 0.2) is 0 Å². The molecule has 0 aromatic carbocycles. The molecule has 1 heterocycles. The third-order valence-corrected chi connectivity index (χ3v) is 2.81. The van der Waals surface area contributed by atoms with Crippen molar-refractivity contribution in [3.05, 3.63) is 16.1 Å². The number of hydrogen-bond acceptors (Lipinski definition) is 4. The zero-order chi connectivity index (χ0) is 9.14. The van der Waals surface area contributed by atoms with Crippen LogP contribution in [0.1, 0.15) is 30.5 Å². The van der Waals surface area contributed by atoms with Gasteiger partial charge in [-0.2, -0.15) is 0 Å². The Morgan fingerprint density at radius 2 is 2.33 bits per heavy atom. The molecule has 3 nitrogen and oxygen atoms in total. The number of hydrogen-bond donors (Lipinski definition) is 2. The predicted molar refractivity (Wildman–Crippen MR) is 50.1 cm³/mol.